The quantitative estimate of drug-likeness (QED) is 0.488. The molecule has 1 aromatic heterocycles. The van der Waals surface area contributed by atoms with Crippen molar-refractivity contribution in [1.29, 1.82) is 0 Å². The van der Waals surface area contributed by atoms with E-state index < -0.39 is 0 Å². The van der Waals surface area contributed by atoms with Crippen molar-refractivity contribution in [2.24, 2.45) is 0 Å². The van der Waals surface area contributed by atoms with Gasteiger partial charge in [-0.15, -0.1) is 10.2 Å². The Morgan fingerprint density at radius 1 is 1.22 bits per heavy atom. The van der Waals surface area contributed by atoms with E-state index in [4.69, 9.17) is 17.4 Å². The minimum Gasteiger partial charge on any atom is -0.351 e. The topological polar surface area (TPSA) is 85.8 Å². The molecular formula is C19H20ClN5OS. The maximum Gasteiger partial charge on any atom is 0.233 e. The van der Waals surface area contributed by atoms with E-state index in [1.54, 1.807) is 13.0 Å². The average Bonchev–Trinajstić information content (AvgIpc) is 3.01. The molecule has 3 rings (SSSR count). The summed E-state index contributed by atoms with van der Waals surface area (Å²) in [5, 5.41) is 11.9. The third kappa shape index (κ3) is 4.43. The molecule has 3 aromatic rings. The second-order valence-electron chi connectivity index (χ2n) is 6.06. The lowest BCUT2D eigenvalue weighted by molar-refractivity contribution is -0.120. The molecule has 0 saturated heterocycles. The number of carbonyl (C=O) groups excluding carboxylic acids is 1. The fraction of sp³-hybridized carbons (Fsp3) is 0.211. The Bertz CT molecular complexity index is 959. The molecule has 1 heterocycles. The Morgan fingerprint density at radius 2 is 1.93 bits per heavy atom. The molecule has 140 valence electrons. The SMILES string of the molecule is Cc1ccccc1-c1nnc(S[C@H](C)C(=O)NCc2ccccc2Cl)n1N. The number of hydrogen-bond donors (Lipinski definition) is 2. The summed E-state index contributed by atoms with van der Waals surface area (Å²) in [7, 11) is 0. The number of aromatic nitrogens is 3. The largest absolute Gasteiger partial charge is 0.351 e. The summed E-state index contributed by atoms with van der Waals surface area (Å²) >= 11 is 7.38. The summed E-state index contributed by atoms with van der Waals surface area (Å²) in [6.45, 7) is 4.16. The fourth-order valence-corrected chi connectivity index (χ4v) is 3.54. The van der Waals surface area contributed by atoms with Crippen LogP contribution in [0.1, 0.15) is 18.1 Å². The van der Waals surface area contributed by atoms with Crippen LogP contribution < -0.4 is 11.2 Å². The van der Waals surface area contributed by atoms with Crippen LogP contribution in [0.25, 0.3) is 11.4 Å². The molecule has 0 radical (unpaired) electrons. The summed E-state index contributed by atoms with van der Waals surface area (Å²) in [5.41, 5.74) is 2.84. The highest BCUT2D eigenvalue weighted by atomic mass is 35.5. The Labute approximate surface area is 167 Å². The molecule has 0 aliphatic rings. The van der Waals surface area contributed by atoms with Gasteiger partial charge in [-0.25, -0.2) is 4.68 Å². The molecule has 0 aliphatic carbocycles. The number of thioether (sulfide) groups is 1. The standard InChI is InChI=1S/C19H20ClN5OS/c1-12-7-3-5-9-15(12)17-23-24-19(25(17)21)27-13(2)18(26)22-11-14-8-4-6-10-16(14)20/h3-10,13H,11,21H2,1-2H3,(H,22,26)/t13-/m1/s1. The van der Waals surface area contributed by atoms with Crippen LogP contribution in [0.4, 0.5) is 0 Å². The molecular weight excluding hydrogens is 382 g/mol. The summed E-state index contributed by atoms with van der Waals surface area (Å²) < 4.78 is 1.42. The highest BCUT2D eigenvalue weighted by Crippen LogP contribution is 2.26. The third-order valence-corrected chi connectivity index (χ3v) is 5.54. The highest BCUT2D eigenvalue weighted by molar-refractivity contribution is 8.00. The first kappa shape index (κ1) is 19.3. The first-order chi connectivity index (χ1) is 13.0. The summed E-state index contributed by atoms with van der Waals surface area (Å²) in [6.07, 6.45) is 0. The summed E-state index contributed by atoms with van der Waals surface area (Å²) in [6, 6.07) is 15.2. The van der Waals surface area contributed by atoms with Crippen LogP contribution in [0.15, 0.2) is 53.7 Å². The molecule has 2 aromatic carbocycles. The number of amides is 1. The third-order valence-electron chi connectivity index (χ3n) is 4.11. The lowest BCUT2D eigenvalue weighted by Gasteiger charge is -2.12. The van der Waals surface area contributed by atoms with Gasteiger partial charge in [-0.3, -0.25) is 4.79 Å². The molecule has 6 nitrogen and oxygen atoms in total. The van der Waals surface area contributed by atoms with Crippen LogP contribution in [-0.4, -0.2) is 26.0 Å². The molecule has 0 saturated carbocycles. The van der Waals surface area contributed by atoms with Gasteiger partial charge in [-0.05, 0) is 31.0 Å². The van der Waals surface area contributed by atoms with Crippen LogP contribution in [0.2, 0.25) is 5.02 Å². The normalized spacial score (nSPS) is 12.0. The number of benzene rings is 2. The number of nitrogens with one attached hydrogen (secondary N) is 1. The van der Waals surface area contributed by atoms with Crippen molar-refractivity contribution in [1.82, 2.24) is 20.2 Å². The Kier molecular flexibility index (Phi) is 6.03. The van der Waals surface area contributed by atoms with Gasteiger partial charge < -0.3 is 11.2 Å². The van der Waals surface area contributed by atoms with E-state index in [9.17, 15) is 4.79 Å². The predicted octanol–water partition coefficient (Wildman–Crippen LogP) is 3.42. The van der Waals surface area contributed by atoms with E-state index in [2.05, 4.69) is 15.5 Å². The summed E-state index contributed by atoms with van der Waals surface area (Å²) in [4.78, 5) is 12.4. The molecule has 0 spiro atoms. The van der Waals surface area contributed by atoms with Crippen molar-refractivity contribution in [3.05, 3.63) is 64.7 Å². The molecule has 0 bridgehead atoms. The van der Waals surface area contributed by atoms with Gasteiger partial charge in [0.25, 0.3) is 0 Å². The van der Waals surface area contributed by atoms with Crippen LogP contribution in [0.5, 0.6) is 0 Å². The smallest absolute Gasteiger partial charge is 0.233 e. The maximum atomic E-state index is 12.4. The minimum atomic E-state index is -0.385. The number of halogens is 1. The molecule has 0 aliphatic heterocycles. The molecule has 27 heavy (non-hydrogen) atoms. The number of nitrogens with two attached hydrogens (primary N) is 1. The van der Waals surface area contributed by atoms with E-state index in [1.807, 2.05) is 49.4 Å². The second kappa shape index (κ2) is 8.45. The second-order valence-corrected chi connectivity index (χ2v) is 7.78. The Morgan fingerprint density at radius 3 is 2.67 bits per heavy atom. The van der Waals surface area contributed by atoms with Gasteiger partial charge in [0.2, 0.25) is 11.1 Å². The number of rotatable bonds is 6. The highest BCUT2D eigenvalue weighted by Gasteiger charge is 2.20. The Hall–Kier alpha value is -2.51. The maximum absolute atomic E-state index is 12.4. The molecule has 0 unspecified atom stereocenters. The van der Waals surface area contributed by atoms with Crippen LogP contribution in [0.3, 0.4) is 0 Å². The van der Waals surface area contributed by atoms with E-state index in [0.717, 1.165) is 16.7 Å². The lowest BCUT2D eigenvalue weighted by atomic mass is 10.1. The first-order valence-corrected chi connectivity index (χ1v) is 9.67. The summed E-state index contributed by atoms with van der Waals surface area (Å²) in [5.74, 6) is 6.60. The van der Waals surface area contributed by atoms with Crippen molar-refractivity contribution in [2.75, 3.05) is 5.84 Å². The zero-order valence-corrected chi connectivity index (χ0v) is 16.6. The zero-order chi connectivity index (χ0) is 19.4. The molecule has 3 N–H and O–H groups in total. The van der Waals surface area contributed by atoms with E-state index in [0.29, 0.717) is 22.5 Å². The molecule has 8 heteroatoms. The molecule has 1 atom stereocenters. The van der Waals surface area contributed by atoms with Gasteiger partial charge in [-0.1, -0.05) is 65.8 Å². The van der Waals surface area contributed by atoms with Crippen molar-refractivity contribution in [3.8, 4) is 11.4 Å². The van der Waals surface area contributed by atoms with Crippen molar-refractivity contribution >= 4 is 29.3 Å². The monoisotopic (exact) mass is 401 g/mol. The van der Waals surface area contributed by atoms with Crippen molar-refractivity contribution < 1.29 is 4.79 Å². The zero-order valence-electron chi connectivity index (χ0n) is 15.0. The van der Waals surface area contributed by atoms with Crippen molar-refractivity contribution in [2.45, 2.75) is 30.8 Å². The van der Waals surface area contributed by atoms with Gasteiger partial charge in [0.05, 0.1) is 5.25 Å². The molecule has 0 fully saturated rings. The number of nitrogens with zero attached hydrogens (tertiary/aromatic N) is 3. The fourth-order valence-electron chi connectivity index (χ4n) is 2.54. The minimum absolute atomic E-state index is 0.125. The van der Waals surface area contributed by atoms with Gasteiger partial charge in [0.15, 0.2) is 5.82 Å². The lowest BCUT2D eigenvalue weighted by Crippen LogP contribution is -2.31. The van der Waals surface area contributed by atoms with Crippen LogP contribution in [-0.2, 0) is 11.3 Å². The van der Waals surface area contributed by atoms with Gasteiger partial charge >= 0.3 is 0 Å². The number of aryl methyl sites for hydroxylation is 1. The first-order valence-electron chi connectivity index (χ1n) is 8.41. The predicted molar refractivity (Wildman–Crippen MR) is 109 cm³/mol. The van der Waals surface area contributed by atoms with E-state index in [-0.39, 0.29) is 11.2 Å². The Balaban J connectivity index is 1.66. The van der Waals surface area contributed by atoms with Gasteiger partial charge in [0.1, 0.15) is 0 Å². The van der Waals surface area contributed by atoms with Crippen LogP contribution in [0, 0.1) is 6.92 Å². The number of carbonyl (C=O) groups is 1. The average molecular weight is 402 g/mol. The van der Waals surface area contributed by atoms with Gasteiger partial charge in [0, 0.05) is 17.1 Å². The van der Waals surface area contributed by atoms with Crippen molar-refractivity contribution in [3.63, 3.8) is 0 Å². The van der Waals surface area contributed by atoms with E-state index >= 15 is 0 Å². The van der Waals surface area contributed by atoms with Crippen LogP contribution >= 0.6 is 23.4 Å². The van der Waals surface area contributed by atoms with E-state index in [1.165, 1.54) is 16.4 Å². The number of nitrogen functional groups attached to an aromatic ring is 1. The van der Waals surface area contributed by atoms with Gasteiger partial charge in [-0.2, -0.15) is 0 Å². The number of hydrogen-bond acceptors (Lipinski definition) is 5. The molecule has 1 amide bonds.